The molecule has 0 saturated heterocycles. The van der Waals surface area contributed by atoms with Crippen molar-refractivity contribution < 1.29 is 9.53 Å². The summed E-state index contributed by atoms with van der Waals surface area (Å²) in [6.07, 6.45) is 1.51. The fraction of sp³-hybridized carbons (Fsp3) is 0.227. The Hall–Kier alpha value is -3.41. The van der Waals surface area contributed by atoms with Crippen molar-refractivity contribution in [3.63, 3.8) is 0 Å². The molecule has 6 nitrogen and oxygen atoms in total. The van der Waals surface area contributed by atoms with E-state index in [-0.39, 0.29) is 11.5 Å². The molecule has 0 aliphatic heterocycles. The van der Waals surface area contributed by atoms with Crippen molar-refractivity contribution in [3.8, 4) is 17.0 Å². The van der Waals surface area contributed by atoms with E-state index in [1.807, 2.05) is 56.3 Å². The highest BCUT2D eigenvalue weighted by Gasteiger charge is 2.06. The fourth-order valence-corrected chi connectivity index (χ4v) is 2.82. The van der Waals surface area contributed by atoms with Crippen LogP contribution in [0.3, 0.4) is 0 Å². The first-order valence-electron chi connectivity index (χ1n) is 9.21. The lowest BCUT2D eigenvalue weighted by atomic mass is 10.1. The maximum absolute atomic E-state index is 12.4. The van der Waals surface area contributed by atoms with Crippen molar-refractivity contribution >= 4 is 5.91 Å². The van der Waals surface area contributed by atoms with E-state index in [0.717, 1.165) is 16.9 Å². The summed E-state index contributed by atoms with van der Waals surface area (Å²) in [5.74, 6) is 0.625. The molecular formula is C22H23N3O3. The third-order valence-corrected chi connectivity index (χ3v) is 4.26. The van der Waals surface area contributed by atoms with Gasteiger partial charge in [0.2, 0.25) is 0 Å². The SMILES string of the molecule is CCOc1ccc(-c2cc(=O)n(CCNC(=O)c3cccc(C)c3)cn2)cc1. The van der Waals surface area contributed by atoms with Gasteiger partial charge in [0.05, 0.1) is 18.6 Å². The van der Waals surface area contributed by atoms with E-state index in [1.165, 1.54) is 17.0 Å². The number of hydrogen-bond acceptors (Lipinski definition) is 4. The molecule has 0 spiro atoms. The molecule has 144 valence electrons. The largest absolute Gasteiger partial charge is 0.494 e. The van der Waals surface area contributed by atoms with Crippen molar-refractivity contribution in [3.05, 3.63) is 82.4 Å². The molecule has 28 heavy (non-hydrogen) atoms. The molecule has 2 aromatic carbocycles. The smallest absolute Gasteiger partial charge is 0.253 e. The fourth-order valence-electron chi connectivity index (χ4n) is 2.82. The third kappa shape index (κ3) is 4.85. The number of ether oxygens (including phenoxy) is 1. The molecule has 1 aromatic heterocycles. The number of nitrogens with zero attached hydrogens (tertiary/aromatic N) is 2. The van der Waals surface area contributed by atoms with Crippen LogP contribution in [-0.4, -0.2) is 28.6 Å². The monoisotopic (exact) mass is 377 g/mol. The van der Waals surface area contributed by atoms with Crippen molar-refractivity contribution in [1.82, 2.24) is 14.9 Å². The molecule has 3 rings (SSSR count). The van der Waals surface area contributed by atoms with Crippen molar-refractivity contribution in [2.45, 2.75) is 20.4 Å². The summed E-state index contributed by atoms with van der Waals surface area (Å²) < 4.78 is 6.90. The molecule has 0 unspecified atom stereocenters. The minimum atomic E-state index is -0.163. The Morgan fingerprint density at radius 3 is 2.61 bits per heavy atom. The first kappa shape index (κ1) is 19.4. The number of amides is 1. The quantitative estimate of drug-likeness (QED) is 0.687. The van der Waals surface area contributed by atoms with E-state index in [0.29, 0.717) is 31.0 Å². The Morgan fingerprint density at radius 1 is 1.14 bits per heavy atom. The number of rotatable bonds is 7. The van der Waals surface area contributed by atoms with Crippen LogP contribution in [0.2, 0.25) is 0 Å². The molecule has 0 aliphatic carbocycles. The lowest BCUT2D eigenvalue weighted by molar-refractivity contribution is 0.0952. The zero-order valence-corrected chi connectivity index (χ0v) is 16.0. The molecule has 0 bridgehead atoms. The molecule has 0 aliphatic rings. The van der Waals surface area contributed by atoms with Gasteiger partial charge >= 0.3 is 0 Å². The van der Waals surface area contributed by atoms with Crippen LogP contribution in [0.1, 0.15) is 22.8 Å². The molecule has 0 radical (unpaired) electrons. The molecule has 0 saturated carbocycles. The molecule has 6 heteroatoms. The van der Waals surface area contributed by atoms with E-state index >= 15 is 0 Å². The number of nitrogens with one attached hydrogen (secondary N) is 1. The van der Waals surface area contributed by atoms with E-state index in [2.05, 4.69) is 10.3 Å². The first-order chi connectivity index (χ1) is 13.6. The maximum atomic E-state index is 12.4. The van der Waals surface area contributed by atoms with Gasteiger partial charge in [0.15, 0.2) is 0 Å². The van der Waals surface area contributed by atoms with Gasteiger partial charge in [-0.3, -0.25) is 14.2 Å². The number of benzene rings is 2. The summed E-state index contributed by atoms with van der Waals surface area (Å²) in [7, 11) is 0. The van der Waals surface area contributed by atoms with Gasteiger partial charge in [-0.15, -0.1) is 0 Å². The van der Waals surface area contributed by atoms with Gasteiger partial charge in [-0.05, 0) is 50.2 Å². The van der Waals surface area contributed by atoms with E-state index < -0.39 is 0 Å². The Morgan fingerprint density at radius 2 is 1.93 bits per heavy atom. The topological polar surface area (TPSA) is 73.2 Å². The van der Waals surface area contributed by atoms with Crippen LogP contribution in [0.25, 0.3) is 11.3 Å². The lowest BCUT2D eigenvalue weighted by Crippen LogP contribution is -2.30. The predicted molar refractivity (Wildman–Crippen MR) is 109 cm³/mol. The van der Waals surface area contributed by atoms with E-state index in [9.17, 15) is 9.59 Å². The molecular weight excluding hydrogens is 354 g/mol. The van der Waals surface area contributed by atoms with Gasteiger partial charge in [0, 0.05) is 30.3 Å². The van der Waals surface area contributed by atoms with Gasteiger partial charge in [0.25, 0.3) is 11.5 Å². The zero-order valence-electron chi connectivity index (χ0n) is 16.0. The van der Waals surface area contributed by atoms with Gasteiger partial charge in [-0.2, -0.15) is 0 Å². The second kappa shape index (κ2) is 8.99. The highest BCUT2D eigenvalue weighted by Crippen LogP contribution is 2.19. The maximum Gasteiger partial charge on any atom is 0.253 e. The van der Waals surface area contributed by atoms with Gasteiger partial charge in [-0.25, -0.2) is 4.98 Å². The Bertz CT molecular complexity index is 1010. The van der Waals surface area contributed by atoms with Crippen LogP contribution in [-0.2, 0) is 6.54 Å². The normalized spacial score (nSPS) is 10.5. The summed E-state index contributed by atoms with van der Waals surface area (Å²) in [4.78, 5) is 28.9. The van der Waals surface area contributed by atoms with Crippen LogP contribution in [0.15, 0.2) is 65.7 Å². The Kier molecular flexibility index (Phi) is 6.22. The number of carbonyl (C=O) groups excluding carboxylic acids is 1. The highest BCUT2D eigenvalue weighted by molar-refractivity contribution is 5.94. The van der Waals surface area contributed by atoms with Crippen LogP contribution in [0.4, 0.5) is 0 Å². The number of aryl methyl sites for hydroxylation is 1. The van der Waals surface area contributed by atoms with Gasteiger partial charge in [0.1, 0.15) is 5.75 Å². The van der Waals surface area contributed by atoms with Crippen LogP contribution >= 0.6 is 0 Å². The summed E-state index contributed by atoms with van der Waals surface area (Å²) in [5, 5.41) is 2.83. The number of hydrogen-bond donors (Lipinski definition) is 1. The summed E-state index contributed by atoms with van der Waals surface area (Å²) >= 11 is 0. The number of aromatic nitrogens is 2. The third-order valence-electron chi connectivity index (χ3n) is 4.26. The molecule has 1 N–H and O–H groups in total. The second-order valence-electron chi connectivity index (χ2n) is 6.39. The zero-order chi connectivity index (χ0) is 19.9. The van der Waals surface area contributed by atoms with Crippen molar-refractivity contribution in [2.24, 2.45) is 0 Å². The van der Waals surface area contributed by atoms with Crippen molar-refractivity contribution in [1.29, 1.82) is 0 Å². The van der Waals surface area contributed by atoms with Crippen molar-refractivity contribution in [2.75, 3.05) is 13.2 Å². The van der Waals surface area contributed by atoms with Crippen LogP contribution < -0.4 is 15.6 Å². The van der Waals surface area contributed by atoms with E-state index in [4.69, 9.17) is 4.74 Å². The predicted octanol–water partition coefficient (Wildman–Crippen LogP) is 3.05. The summed E-state index contributed by atoms with van der Waals surface area (Å²) in [5.41, 5.74) is 2.92. The van der Waals surface area contributed by atoms with Gasteiger partial charge < -0.3 is 10.1 Å². The highest BCUT2D eigenvalue weighted by atomic mass is 16.5. The molecule has 1 amide bonds. The minimum absolute atomic E-state index is 0.157. The Labute approximate surface area is 163 Å². The number of carbonyl (C=O) groups is 1. The lowest BCUT2D eigenvalue weighted by Gasteiger charge is -2.09. The second-order valence-corrected chi connectivity index (χ2v) is 6.39. The summed E-state index contributed by atoms with van der Waals surface area (Å²) in [6, 6.07) is 16.3. The summed E-state index contributed by atoms with van der Waals surface area (Å²) in [6.45, 7) is 5.17. The standard InChI is InChI=1S/C22H23N3O3/c1-3-28-19-9-7-17(8-10-19)20-14-21(26)25(15-24-20)12-11-23-22(27)18-6-4-5-16(2)13-18/h4-10,13-15H,3,11-12H2,1-2H3,(H,23,27). The van der Waals surface area contributed by atoms with E-state index in [1.54, 1.807) is 6.07 Å². The van der Waals surface area contributed by atoms with Gasteiger partial charge in [-0.1, -0.05) is 17.7 Å². The minimum Gasteiger partial charge on any atom is -0.494 e. The average molecular weight is 377 g/mol. The molecule has 3 aromatic rings. The van der Waals surface area contributed by atoms with Crippen LogP contribution in [0, 0.1) is 6.92 Å². The molecule has 0 atom stereocenters. The molecule has 1 heterocycles. The average Bonchev–Trinajstić information content (AvgIpc) is 2.70. The van der Waals surface area contributed by atoms with Crippen LogP contribution in [0.5, 0.6) is 5.75 Å². The molecule has 0 fully saturated rings. The Balaban J connectivity index is 1.61. The first-order valence-corrected chi connectivity index (χ1v) is 9.21.